The lowest BCUT2D eigenvalue weighted by molar-refractivity contribution is -0.149. The number of imidazole rings is 1. The van der Waals surface area contributed by atoms with Crippen molar-refractivity contribution in [3.05, 3.63) is 47.2 Å². The van der Waals surface area contributed by atoms with Gasteiger partial charge in [-0.1, -0.05) is 5.16 Å². The number of hydrogen-bond acceptors (Lipinski definition) is 6. The second-order valence-electron chi connectivity index (χ2n) is 11.7. The van der Waals surface area contributed by atoms with Crippen LogP contribution in [-0.4, -0.2) is 61.2 Å². The fourth-order valence-electron chi connectivity index (χ4n) is 5.93. The summed E-state index contributed by atoms with van der Waals surface area (Å²) in [6.07, 6.45) is -1.18. The largest absolute Gasteiger partial charge is 0.410 e. The number of Topliss-reactive ketones (excluding diaryl/α,β-unsaturated/α-hetero) is 1. The molecule has 9 nitrogen and oxygen atoms in total. The third-order valence-electron chi connectivity index (χ3n) is 8.54. The molecule has 6 rings (SSSR count). The molecule has 3 aromatic heterocycles. The summed E-state index contributed by atoms with van der Waals surface area (Å²) in [5.74, 6) is -8.91. The number of fused-ring (bicyclic) bond motifs is 1. The van der Waals surface area contributed by atoms with E-state index < -0.39 is 78.7 Å². The van der Waals surface area contributed by atoms with Gasteiger partial charge in [-0.2, -0.15) is 27.1 Å². The lowest BCUT2D eigenvalue weighted by atomic mass is 9.75. The van der Waals surface area contributed by atoms with Crippen molar-refractivity contribution in [3.8, 4) is 0 Å². The Morgan fingerprint density at radius 2 is 1.86 bits per heavy atom. The van der Waals surface area contributed by atoms with Crippen LogP contribution >= 0.6 is 0 Å². The summed E-state index contributed by atoms with van der Waals surface area (Å²) in [5, 5.41) is 9.55. The van der Waals surface area contributed by atoms with Crippen LogP contribution in [-0.2, 0) is 12.5 Å². The molecule has 0 bridgehead atoms. The van der Waals surface area contributed by atoms with E-state index in [1.807, 2.05) is 5.32 Å². The van der Waals surface area contributed by atoms with Gasteiger partial charge in [0.2, 0.25) is 5.92 Å². The van der Waals surface area contributed by atoms with Crippen LogP contribution in [0.4, 0.5) is 35.5 Å². The van der Waals surface area contributed by atoms with E-state index in [1.165, 1.54) is 23.0 Å². The normalized spacial score (nSPS) is 22.3. The second-order valence-corrected chi connectivity index (χ2v) is 11.7. The molecule has 4 heterocycles. The predicted molar refractivity (Wildman–Crippen MR) is 133 cm³/mol. The summed E-state index contributed by atoms with van der Waals surface area (Å²) < 4.78 is 103. The Morgan fingerprint density at radius 1 is 1.14 bits per heavy atom. The number of ketones is 1. The maximum Gasteiger partial charge on any atom is 0.410 e. The third-order valence-corrected chi connectivity index (χ3v) is 8.54. The van der Waals surface area contributed by atoms with Gasteiger partial charge < -0.3 is 14.7 Å². The van der Waals surface area contributed by atoms with Crippen molar-refractivity contribution in [2.24, 2.45) is 11.8 Å². The summed E-state index contributed by atoms with van der Waals surface area (Å²) in [6, 6.07) is -1.35. The molecule has 16 heteroatoms. The van der Waals surface area contributed by atoms with E-state index in [1.54, 1.807) is 0 Å². The molecular formula is C27H27F7N6O3. The van der Waals surface area contributed by atoms with Crippen LogP contribution in [0.15, 0.2) is 29.2 Å². The first-order valence-electron chi connectivity index (χ1n) is 13.9. The monoisotopic (exact) mass is 616 g/mol. The third kappa shape index (κ3) is 5.92. The fourth-order valence-corrected chi connectivity index (χ4v) is 5.93. The molecule has 232 valence electrons. The highest BCUT2D eigenvalue weighted by molar-refractivity contribution is 5.97. The first-order chi connectivity index (χ1) is 20.2. The molecule has 0 radical (unpaired) electrons. The molecule has 1 aliphatic heterocycles. The van der Waals surface area contributed by atoms with Gasteiger partial charge in [-0.3, -0.25) is 4.79 Å². The average Bonchev–Trinajstić information content (AvgIpc) is 3.35. The molecule has 3 aromatic rings. The van der Waals surface area contributed by atoms with Crippen molar-refractivity contribution in [1.82, 2.24) is 30.0 Å². The molecule has 2 saturated carbocycles. The standard InChI is InChI=1S/C27H27F7N6O3/c28-25(29)5-3-15(4-6-25)17(8-20(41)18-13-43-38-23(18)26(30,31)16-1-2-16)19-11-40-22(36-19)7-14(9-35-40)10-39-12-21(27(32,33)34)37-24(39)42/h7,9,11,13,15-17,21H,1-6,8,10,12H2,(H,37,42)/t17-,21-/m0/s1. The van der Waals surface area contributed by atoms with Crippen molar-refractivity contribution in [2.75, 3.05) is 6.54 Å². The van der Waals surface area contributed by atoms with Crippen molar-refractivity contribution < 1.29 is 44.8 Å². The quantitative estimate of drug-likeness (QED) is 0.239. The van der Waals surface area contributed by atoms with Crippen LogP contribution in [0.5, 0.6) is 0 Å². The van der Waals surface area contributed by atoms with Gasteiger partial charge in [0, 0.05) is 37.6 Å². The molecule has 1 saturated heterocycles. The minimum atomic E-state index is -4.60. The zero-order chi connectivity index (χ0) is 30.7. The van der Waals surface area contributed by atoms with Gasteiger partial charge in [0.05, 0.1) is 30.2 Å². The zero-order valence-corrected chi connectivity index (χ0v) is 22.6. The number of nitrogens with one attached hydrogen (secondary N) is 1. The summed E-state index contributed by atoms with van der Waals surface area (Å²) >= 11 is 0. The molecule has 0 unspecified atom stereocenters. The van der Waals surface area contributed by atoms with E-state index in [-0.39, 0.29) is 37.0 Å². The molecular weight excluding hydrogens is 589 g/mol. The van der Waals surface area contributed by atoms with Gasteiger partial charge >= 0.3 is 12.2 Å². The van der Waals surface area contributed by atoms with Crippen molar-refractivity contribution in [3.63, 3.8) is 0 Å². The first kappa shape index (κ1) is 29.4. The first-order valence-corrected chi connectivity index (χ1v) is 13.9. The van der Waals surface area contributed by atoms with Crippen LogP contribution in [0.25, 0.3) is 5.65 Å². The van der Waals surface area contributed by atoms with Crippen LogP contribution in [0, 0.1) is 11.8 Å². The number of urea groups is 1. The predicted octanol–water partition coefficient (Wildman–Crippen LogP) is 5.86. The van der Waals surface area contributed by atoms with E-state index in [0.29, 0.717) is 24.1 Å². The average molecular weight is 617 g/mol. The number of nitrogens with zero attached hydrogens (tertiary/aromatic N) is 5. The van der Waals surface area contributed by atoms with Gasteiger partial charge in [0.15, 0.2) is 17.1 Å². The molecule has 0 aromatic carbocycles. The highest BCUT2D eigenvalue weighted by Crippen LogP contribution is 2.50. The Bertz CT molecular complexity index is 1520. The summed E-state index contributed by atoms with van der Waals surface area (Å²) in [6.45, 7) is -0.746. The maximum absolute atomic E-state index is 14.9. The van der Waals surface area contributed by atoms with Gasteiger partial charge in [-0.15, -0.1) is 0 Å². The Hall–Kier alpha value is -3.72. The Morgan fingerprint density at radius 3 is 2.51 bits per heavy atom. The molecule has 2 aliphatic carbocycles. The summed E-state index contributed by atoms with van der Waals surface area (Å²) in [5.41, 5.74) is -0.105. The van der Waals surface area contributed by atoms with Crippen LogP contribution in [0.3, 0.4) is 0 Å². The van der Waals surface area contributed by atoms with E-state index in [2.05, 4.69) is 15.2 Å². The molecule has 2 amide bonds. The Balaban J connectivity index is 1.25. The topological polar surface area (TPSA) is 106 Å². The van der Waals surface area contributed by atoms with Crippen molar-refractivity contribution in [1.29, 1.82) is 0 Å². The van der Waals surface area contributed by atoms with E-state index in [0.717, 1.165) is 11.2 Å². The van der Waals surface area contributed by atoms with Gasteiger partial charge in [-0.25, -0.2) is 23.1 Å². The fraction of sp³-hybridized carbons (Fsp3) is 0.593. The number of carbonyl (C=O) groups is 2. The molecule has 43 heavy (non-hydrogen) atoms. The minimum absolute atomic E-state index is 0.0800. The number of aromatic nitrogens is 4. The van der Waals surface area contributed by atoms with Crippen LogP contribution in [0.2, 0.25) is 0 Å². The number of alkyl halides is 7. The number of amides is 2. The van der Waals surface area contributed by atoms with E-state index >= 15 is 0 Å². The summed E-state index contributed by atoms with van der Waals surface area (Å²) in [4.78, 5) is 31.0. The lowest BCUT2D eigenvalue weighted by Crippen LogP contribution is -2.40. The molecule has 1 N–H and O–H groups in total. The smallest absolute Gasteiger partial charge is 0.363 e. The Kier molecular flexibility index (Phi) is 7.15. The van der Waals surface area contributed by atoms with E-state index in [4.69, 9.17) is 4.52 Å². The maximum atomic E-state index is 14.9. The van der Waals surface area contributed by atoms with Crippen molar-refractivity contribution >= 4 is 17.5 Å². The van der Waals surface area contributed by atoms with Gasteiger partial charge in [0.25, 0.3) is 5.92 Å². The minimum Gasteiger partial charge on any atom is -0.363 e. The SMILES string of the molecule is O=C(C[C@H](c1cn2ncc(CN3C[C@@H](C(F)(F)F)NC3=O)cc2n1)C1CCC(F)(F)CC1)c1conc1C(F)(F)C1CC1. The zero-order valence-electron chi connectivity index (χ0n) is 22.6. The number of rotatable bonds is 9. The molecule has 2 atom stereocenters. The number of hydrogen-bond donors (Lipinski definition) is 1. The highest BCUT2D eigenvalue weighted by atomic mass is 19.4. The number of halogens is 7. The van der Waals surface area contributed by atoms with Crippen LogP contribution in [0.1, 0.15) is 78.2 Å². The number of carbonyl (C=O) groups excluding carboxylic acids is 2. The molecule has 0 spiro atoms. The lowest BCUT2D eigenvalue weighted by Gasteiger charge is -2.32. The van der Waals surface area contributed by atoms with Crippen LogP contribution < -0.4 is 5.32 Å². The van der Waals surface area contributed by atoms with Gasteiger partial charge in [0.1, 0.15) is 12.3 Å². The molecule has 3 fully saturated rings. The molecule has 3 aliphatic rings. The van der Waals surface area contributed by atoms with Crippen molar-refractivity contribution in [2.45, 2.75) is 81.5 Å². The van der Waals surface area contributed by atoms with Gasteiger partial charge in [-0.05, 0) is 43.2 Å². The second kappa shape index (κ2) is 10.5. The summed E-state index contributed by atoms with van der Waals surface area (Å²) in [7, 11) is 0. The Labute approximate surface area is 239 Å². The van der Waals surface area contributed by atoms with E-state index in [9.17, 15) is 40.3 Å². The highest BCUT2D eigenvalue weighted by Gasteiger charge is 2.52.